The smallest absolute Gasteiger partial charge is 0.416 e. The maximum atomic E-state index is 13.4. The molecular formula is C27H22F3N3O3. The Kier molecular flexibility index (Phi) is 5.78. The third-order valence-corrected chi connectivity index (χ3v) is 6.51. The van der Waals surface area contributed by atoms with Crippen molar-refractivity contribution in [3.8, 4) is 0 Å². The molecule has 0 radical (unpaired) electrons. The van der Waals surface area contributed by atoms with E-state index in [1.165, 1.54) is 25.4 Å². The number of halogens is 3. The summed E-state index contributed by atoms with van der Waals surface area (Å²) in [4.78, 5) is 25.1. The molecule has 1 aliphatic rings. The first-order chi connectivity index (χ1) is 17.2. The van der Waals surface area contributed by atoms with Gasteiger partial charge in [0.1, 0.15) is 0 Å². The lowest BCUT2D eigenvalue weighted by molar-refractivity contribution is -0.137. The van der Waals surface area contributed by atoms with Crippen LogP contribution in [0, 0.1) is 0 Å². The Morgan fingerprint density at radius 1 is 1.06 bits per heavy atom. The zero-order chi connectivity index (χ0) is 25.5. The fourth-order valence-electron chi connectivity index (χ4n) is 4.39. The van der Waals surface area contributed by atoms with Crippen molar-refractivity contribution in [1.82, 2.24) is 14.9 Å². The van der Waals surface area contributed by atoms with Crippen molar-refractivity contribution < 1.29 is 27.5 Å². The van der Waals surface area contributed by atoms with Gasteiger partial charge < -0.3 is 10.1 Å². The van der Waals surface area contributed by atoms with Crippen LogP contribution >= 0.6 is 0 Å². The number of nitrogens with zero attached hydrogens (tertiary/aromatic N) is 2. The summed E-state index contributed by atoms with van der Waals surface area (Å²) in [6.07, 6.45) is 0.683. The summed E-state index contributed by atoms with van der Waals surface area (Å²) in [5.41, 5.74) is 2.54. The molecule has 0 unspecified atom stereocenters. The molecule has 5 rings (SSSR count). The molecule has 184 valence electrons. The number of carbonyl (C=O) groups is 2. The zero-order valence-corrected chi connectivity index (χ0v) is 19.3. The zero-order valence-electron chi connectivity index (χ0n) is 19.3. The molecule has 2 aromatic carbocycles. The number of nitrogens with one attached hydrogen (secondary N) is 1. The number of fused-ring (bicyclic) bond motifs is 1. The van der Waals surface area contributed by atoms with E-state index in [9.17, 15) is 22.8 Å². The summed E-state index contributed by atoms with van der Waals surface area (Å²) in [6, 6.07) is 15.6. The molecule has 36 heavy (non-hydrogen) atoms. The molecule has 1 aliphatic carbocycles. The molecule has 1 fully saturated rings. The van der Waals surface area contributed by atoms with Crippen LogP contribution in [-0.2, 0) is 22.9 Å². The second kappa shape index (κ2) is 8.82. The van der Waals surface area contributed by atoms with Crippen LogP contribution in [0.25, 0.3) is 5.52 Å². The number of alkyl halides is 3. The number of methoxy groups -OCH3 is 1. The van der Waals surface area contributed by atoms with E-state index in [0.717, 1.165) is 36.1 Å². The molecule has 0 atom stereocenters. The van der Waals surface area contributed by atoms with Crippen LogP contribution in [0.15, 0.2) is 73.1 Å². The topological polar surface area (TPSA) is 72.7 Å². The number of carbonyl (C=O) groups excluding carboxylic acids is 2. The average Bonchev–Trinajstić information content (AvgIpc) is 3.51. The van der Waals surface area contributed by atoms with Crippen LogP contribution in [0.2, 0.25) is 0 Å². The molecule has 2 heterocycles. The molecule has 0 saturated heterocycles. The van der Waals surface area contributed by atoms with Crippen molar-refractivity contribution in [2.75, 3.05) is 7.11 Å². The van der Waals surface area contributed by atoms with Crippen molar-refractivity contribution >= 4 is 17.4 Å². The van der Waals surface area contributed by atoms with Gasteiger partial charge in [-0.2, -0.15) is 18.3 Å². The van der Waals surface area contributed by atoms with E-state index in [-0.39, 0.29) is 5.91 Å². The van der Waals surface area contributed by atoms with Crippen molar-refractivity contribution in [3.63, 3.8) is 0 Å². The van der Waals surface area contributed by atoms with Gasteiger partial charge >= 0.3 is 12.1 Å². The first-order valence-electron chi connectivity index (χ1n) is 11.3. The molecule has 4 aromatic rings. The standard InChI is InChI=1S/C27H22F3N3O3/c1-36-25(35)18-6-10-20(11-7-18)26(12-13-26)32-24(34)22-16-31-33-14-2-3-19(23(22)33)15-17-4-8-21(9-5-17)27(28,29)30/h2-11,14,16H,12-13,15H2,1H3,(H,32,34). The highest BCUT2D eigenvalue weighted by Gasteiger charge is 2.46. The fraction of sp³-hybridized carbons (Fsp3) is 0.222. The van der Waals surface area contributed by atoms with Gasteiger partial charge in [-0.3, -0.25) is 4.79 Å². The highest BCUT2D eigenvalue weighted by molar-refractivity contribution is 6.02. The molecule has 0 aliphatic heterocycles. The van der Waals surface area contributed by atoms with Gasteiger partial charge in [0.25, 0.3) is 5.91 Å². The Morgan fingerprint density at radius 2 is 1.75 bits per heavy atom. The second-order valence-corrected chi connectivity index (χ2v) is 8.86. The van der Waals surface area contributed by atoms with Crippen LogP contribution in [0.4, 0.5) is 13.2 Å². The van der Waals surface area contributed by atoms with Gasteiger partial charge in [0.05, 0.1) is 41.1 Å². The third-order valence-electron chi connectivity index (χ3n) is 6.51. The van der Waals surface area contributed by atoms with Crippen molar-refractivity contribution in [2.45, 2.75) is 31.0 Å². The summed E-state index contributed by atoms with van der Waals surface area (Å²) in [5.74, 6) is -0.721. The van der Waals surface area contributed by atoms with Crippen molar-refractivity contribution in [3.05, 3.63) is 106 Å². The number of hydrogen-bond donors (Lipinski definition) is 1. The average molecular weight is 493 g/mol. The van der Waals surface area contributed by atoms with Crippen molar-refractivity contribution in [1.29, 1.82) is 0 Å². The first-order valence-corrected chi connectivity index (χ1v) is 11.3. The van der Waals surface area contributed by atoms with E-state index < -0.39 is 23.2 Å². The number of esters is 1. The predicted molar refractivity (Wildman–Crippen MR) is 126 cm³/mol. The number of ether oxygens (including phenoxy) is 1. The minimum Gasteiger partial charge on any atom is -0.465 e. The number of benzene rings is 2. The molecule has 1 saturated carbocycles. The Bertz CT molecular complexity index is 1440. The van der Waals surface area contributed by atoms with Gasteiger partial charge in [0, 0.05) is 6.20 Å². The normalized spacial score (nSPS) is 14.4. The fourth-order valence-corrected chi connectivity index (χ4v) is 4.39. The third kappa shape index (κ3) is 4.44. The largest absolute Gasteiger partial charge is 0.465 e. The Hall–Kier alpha value is -4.14. The monoisotopic (exact) mass is 493 g/mol. The summed E-state index contributed by atoms with van der Waals surface area (Å²) in [7, 11) is 1.32. The Balaban J connectivity index is 1.40. The van der Waals surface area contributed by atoms with Gasteiger partial charge in [-0.25, -0.2) is 9.31 Å². The van der Waals surface area contributed by atoms with E-state index in [1.54, 1.807) is 28.9 Å². The minimum atomic E-state index is -4.40. The van der Waals surface area contributed by atoms with Crippen LogP contribution in [0.1, 0.15) is 55.8 Å². The number of hydrogen-bond acceptors (Lipinski definition) is 4. The maximum Gasteiger partial charge on any atom is 0.416 e. The maximum absolute atomic E-state index is 13.4. The van der Waals surface area contributed by atoms with E-state index in [4.69, 9.17) is 4.74 Å². The molecule has 6 nitrogen and oxygen atoms in total. The van der Waals surface area contributed by atoms with Crippen LogP contribution in [0.5, 0.6) is 0 Å². The minimum absolute atomic E-state index is 0.292. The number of amides is 1. The quantitative estimate of drug-likeness (QED) is 0.377. The number of pyridine rings is 1. The van der Waals surface area contributed by atoms with Gasteiger partial charge in [-0.05, 0) is 66.3 Å². The summed E-state index contributed by atoms with van der Waals surface area (Å²) in [5, 5.41) is 7.43. The Morgan fingerprint density at radius 3 is 2.36 bits per heavy atom. The molecule has 0 bridgehead atoms. The van der Waals surface area contributed by atoms with Gasteiger partial charge in [0.15, 0.2) is 0 Å². The second-order valence-electron chi connectivity index (χ2n) is 8.86. The van der Waals surface area contributed by atoms with E-state index in [2.05, 4.69) is 10.4 Å². The lowest BCUT2D eigenvalue weighted by Gasteiger charge is -2.18. The van der Waals surface area contributed by atoms with E-state index >= 15 is 0 Å². The molecular weight excluding hydrogens is 471 g/mol. The summed E-state index contributed by atoms with van der Waals surface area (Å²) < 4.78 is 45.1. The van der Waals surface area contributed by atoms with Gasteiger partial charge in [-0.15, -0.1) is 0 Å². The van der Waals surface area contributed by atoms with E-state index in [0.29, 0.717) is 28.6 Å². The summed E-state index contributed by atoms with van der Waals surface area (Å²) in [6.45, 7) is 0. The lowest BCUT2D eigenvalue weighted by atomic mass is 10.0. The van der Waals surface area contributed by atoms with Crippen LogP contribution in [-0.4, -0.2) is 28.6 Å². The predicted octanol–water partition coefficient (Wildman–Crippen LogP) is 5.15. The van der Waals surface area contributed by atoms with Gasteiger partial charge in [-0.1, -0.05) is 30.3 Å². The molecule has 0 spiro atoms. The van der Waals surface area contributed by atoms with Gasteiger partial charge in [0.2, 0.25) is 0 Å². The molecule has 1 N–H and O–H groups in total. The van der Waals surface area contributed by atoms with Crippen LogP contribution in [0.3, 0.4) is 0 Å². The lowest BCUT2D eigenvalue weighted by Crippen LogP contribution is -2.34. The highest BCUT2D eigenvalue weighted by atomic mass is 19.4. The Labute approximate surface area is 204 Å². The first kappa shape index (κ1) is 23.6. The molecule has 1 amide bonds. The highest BCUT2D eigenvalue weighted by Crippen LogP contribution is 2.46. The number of rotatable bonds is 6. The van der Waals surface area contributed by atoms with E-state index in [1.807, 2.05) is 18.2 Å². The summed E-state index contributed by atoms with van der Waals surface area (Å²) >= 11 is 0. The SMILES string of the molecule is COC(=O)c1ccc(C2(NC(=O)c3cnn4cccc(Cc5ccc(C(F)(F)F)cc5)c34)CC2)cc1. The molecule has 2 aromatic heterocycles. The molecule has 9 heteroatoms. The van der Waals surface area contributed by atoms with Crippen molar-refractivity contribution in [2.24, 2.45) is 0 Å². The number of aromatic nitrogens is 2. The van der Waals surface area contributed by atoms with Crippen LogP contribution < -0.4 is 5.32 Å².